The lowest BCUT2D eigenvalue weighted by Gasteiger charge is -2.15. The van der Waals surface area contributed by atoms with E-state index in [1.807, 2.05) is 47.1 Å². The van der Waals surface area contributed by atoms with E-state index >= 15 is 0 Å². The Bertz CT molecular complexity index is 976. The molecule has 0 unspecified atom stereocenters. The third kappa shape index (κ3) is 7.32. The summed E-state index contributed by atoms with van der Waals surface area (Å²) in [6.07, 6.45) is 0.925. The first-order valence-electron chi connectivity index (χ1n) is 9.31. The van der Waals surface area contributed by atoms with Gasteiger partial charge in [-0.25, -0.2) is 18.7 Å². The minimum Gasteiger partial charge on any atom is -0.394 e. The lowest BCUT2D eigenvalue weighted by molar-refractivity contribution is 0.0168. The summed E-state index contributed by atoms with van der Waals surface area (Å²) in [7, 11) is 3.65. The van der Waals surface area contributed by atoms with E-state index in [4.69, 9.17) is 14.8 Å². The topological polar surface area (TPSA) is 95.4 Å². The van der Waals surface area contributed by atoms with Crippen molar-refractivity contribution in [2.45, 2.75) is 0 Å². The summed E-state index contributed by atoms with van der Waals surface area (Å²) >= 11 is 1.90. The van der Waals surface area contributed by atoms with Gasteiger partial charge in [-0.15, -0.1) is 0 Å². The summed E-state index contributed by atoms with van der Waals surface area (Å²) < 4.78 is 44.4. The van der Waals surface area contributed by atoms with Crippen LogP contribution in [-0.4, -0.2) is 62.6 Å². The first-order chi connectivity index (χ1) is 15.2. The van der Waals surface area contributed by atoms with Crippen LogP contribution in [0.1, 0.15) is 15.9 Å². The molecular formula is C20H22F3IN4O4. The van der Waals surface area contributed by atoms with Gasteiger partial charge in [0.2, 0.25) is 0 Å². The van der Waals surface area contributed by atoms with Crippen LogP contribution in [0.4, 0.5) is 24.5 Å². The summed E-state index contributed by atoms with van der Waals surface area (Å²) in [6.45, 7) is 0.160. The monoisotopic (exact) mass is 566 g/mol. The Morgan fingerprint density at radius 1 is 1.22 bits per heavy atom. The average molecular weight is 566 g/mol. The number of hydrogen-bond donors (Lipinski definition) is 3. The highest BCUT2D eigenvalue weighted by Gasteiger charge is 2.23. The number of nitrogens with one attached hydrogen (secondary N) is 2. The van der Waals surface area contributed by atoms with E-state index in [1.54, 1.807) is 6.07 Å². The number of anilines is 2. The smallest absolute Gasteiger partial charge is 0.277 e. The van der Waals surface area contributed by atoms with Gasteiger partial charge in [0.25, 0.3) is 5.91 Å². The van der Waals surface area contributed by atoms with Gasteiger partial charge in [-0.1, -0.05) is 5.16 Å². The molecule has 0 fully saturated rings. The van der Waals surface area contributed by atoms with Crippen LogP contribution in [0.5, 0.6) is 0 Å². The van der Waals surface area contributed by atoms with Crippen molar-refractivity contribution >= 4 is 46.1 Å². The van der Waals surface area contributed by atoms with E-state index < -0.39 is 29.0 Å². The number of rotatable bonds is 11. The molecule has 1 amide bonds. The number of amides is 1. The highest BCUT2D eigenvalue weighted by molar-refractivity contribution is 14.1. The number of hydroxylamine groups is 1. The average Bonchev–Trinajstić information content (AvgIpc) is 2.74. The van der Waals surface area contributed by atoms with Crippen molar-refractivity contribution in [3.05, 3.63) is 56.4 Å². The molecule has 3 N–H and O–H groups in total. The van der Waals surface area contributed by atoms with Gasteiger partial charge in [-0.3, -0.25) is 9.63 Å². The van der Waals surface area contributed by atoms with Crippen LogP contribution in [0, 0.1) is 21.0 Å². The molecule has 8 nitrogen and oxygen atoms in total. The molecule has 0 saturated carbocycles. The Hall–Kier alpha value is -2.42. The molecule has 2 rings (SSSR count). The standard InChI is InChI=1S/C20H22F3IN4O4/c1-28(2)5-7-31-25-11-12-9-14(20(30)27-32-8-6-29)19(18(23)17(12)22)26-16-4-3-13(24)10-15(16)21/h3-4,9-11,26,29H,5-8H2,1-2H3,(H,27,30)/b25-11+. The zero-order chi connectivity index (χ0) is 23.7. The van der Waals surface area contributed by atoms with Crippen molar-refractivity contribution in [3.63, 3.8) is 0 Å². The van der Waals surface area contributed by atoms with Gasteiger partial charge in [0, 0.05) is 15.7 Å². The van der Waals surface area contributed by atoms with Gasteiger partial charge < -0.3 is 20.2 Å². The van der Waals surface area contributed by atoms with Gasteiger partial charge >= 0.3 is 0 Å². The fourth-order valence-corrected chi connectivity index (χ4v) is 2.81. The van der Waals surface area contributed by atoms with Crippen molar-refractivity contribution in [1.82, 2.24) is 10.4 Å². The fourth-order valence-electron chi connectivity index (χ4n) is 2.35. The van der Waals surface area contributed by atoms with E-state index in [1.165, 1.54) is 12.1 Å². The molecule has 0 radical (unpaired) electrons. The molecule has 0 aliphatic carbocycles. The van der Waals surface area contributed by atoms with Crippen LogP contribution in [0.15, 0.2) is 29.4 Å². The maximum Gasteiger partial charge on any atom is 0.277 e. The number of carbonyl (C=O) groups excluding carboxylic acids is 1. The maximum absolute atomic E-state index is 14.9. The largest absolute Gasteiger partial charge is 0.394 e. The molecule has 0 aliphatic rings. The van der Waals surface area contributed by atoms with Gasteiger partial charge in [0.1, 0.15) is 12.4 Å². The van der Waals surface area contributed by atoms with Crippen LogP contribution in [0.3, 0.4) is 0 Å². The minimum atomic E-state index is -1.42. The summed E-state index contributed by atoms with van der Waals surface area (Å²) in [5.74, 6) is -4.41. The molecule has 2 aromatic carbocycles. The number of aliphatic hydroxyl groups excluding tert-OH is 1. The van der Waals surface area contributed by atoms with Crippen LogP contribution in [0.2, 0.25) is 0 Å². The molecule has 12 heteroatoms. The summed E-state index contributed by atoms with van der Waals surface area (Å²) in [5, 5.41) is 14.8. The van der Waals surface area contributed by atoms with Gasteiger partial charge in [-0.05, 0) is 61.0 Å². The van der Waals surface area contributed by atoms with Crippen LogP contribution >= 0.6 is 22.6 Å². The number of likely N-dealkylation sites (N-methyl/N-ethyl adjacent to an activating group) is 1. The van der Waals surface area contributed by atoms with Gasteiger partial charge in [0.05, 0.1) is 36.4 Å². The van der Waals surface area contributed by atoms with Crippen molar-refractivity contribution in [3.8, 4) is 0 Å². The first-order valence-corrected chi connectivity index (χ1v) is 10.4. The lowest BCUT2D eigenvalue weighted by Crippen LogP contribution is -2.26. The predicted molar refractivity (Wildman–Crippen MR) is 121 cm³/mol. The van der Waals surface area contributed by atoms with E-state index in [9.17, 15) is 18.0 Å². The third-order valence-corrected chi connectivity index (χ3v) is 4.60. The van der Waals surface area contributed by atoms with E-state index in [0.717, 1.165) is 12.3 Å². The van der Waals surface area contributed by atoms with Crippen LogP contribution in [-0.2, 0) is 9.68 Å². The Labute approximate surface area is 196 Å². The van der Waals surface area contributed by atoms with E-state index in [2.05, 4.69) is 10.5 Å². The summed E-state index contributed by atoms with van der Waals surface area (Å²) in [5.41, 5.74) is 0.498. The Morgan fingerprint density at radius 3 is 2.62 bits per heavy atom. The van der Waals surface area contributed by atoms with Crippen LogP contribution < -0.4 is 10.8 Å². The summed E-state index contributed by atoms with van der Waals surface area (Å²) in [4.78, 5) is 24.1. The van der Waals surface area contributed by atoms with E-state index in [-0.39, 0.29) is 36.6 Å². The third-order valence-electron chi connectivity index (χ3n) is 3.92. The molecule has 0 saturated heterocycles. The molecule has 2 aromatic rings. The van der Waals surface area contributed by atoms with Crippen molar-refractivity contribution < 1.29 is 32.7 Å². The zero-order valence-electron chi connectivity index (χ0n) is 17.3. The highest BCUT2D eigenvalue weighted by Crippen LogP contribution is 2.30. The lowest BCUT2D eigenvalue weighted by atomic mass is 10.1. The van der Waals surface area contributed by atoms with E-state index in [0.29, 0.717) is 10.1 Å². The van der Waals surface area contributed by atoms with Crippen LogP contribution in [0.25, 0.3) is 0 Å². The Morgan fingerprint density at radius 2 is 1.97 bits per heavy atom. The molecule has 0 aromatic heterocycles. The van der Waals surface area contributed by atoms with Gasteiger partial charge in [0.15, 0.2) is 11.6 Å². The molecular weight excluding hydrogens is 544 g/mol. The molecule has 32 heavy (non-hydrogen) atoms. The second kappa shape index (κ2) is 12.6. The number of nitrogens with zero attached hydrogens (tertiary/aromatic N) is 2. The van der Waals surface area contributed by atoms with Crippen molar-refractivity contribution in [2.24, 2.45) is 5.16 Å². The second-order valence-electron chi connectivity index (χ2n) is 6.64. The number of aliphatic hydroxyl groups is 1. The predicted octanol–water partition coefficient (Wildman–Crippen LogP) is 3.02. The normalized spacial score (nSPS) is 11.2. The molecule has 0 spiro atoms. The Balaban J connectivity index is 2.40. The SMILES string of the molecule is CN(C)CCO/N=C/c1cc(C(=O)NOCCO)c(Nc2ccc(I)cc2F)c(F)c1F. The quantitative estimate of drug-likeness (QED) is 0.168. The maximum atomic E-state index is 14.9. The number of hydrogen-bond acceptors (Lipinski definition) is 7. The summed E-state index contributed by atoms with van der Waals surface area (Å²) in [6, 6.07) is 5.08. The number of halogens is 4. The second-order valence-corrected chi connectivity index (χ2v) is 7.89. The number of benzene rings is 2. The Kier molecular flexibility index (Phi) is 10.2. The molecule has 174 valence electrons. The van der Waals surface area contributed by atoms with Gasteiger partial charge in [-0.2, -0.15) is 0 Å². The molecule has 0 aliphatic heterocycles. The fraction of sp³-hybridized carbons (Fsp3) is 0.300. The molecule has 0 bridgehead atoms. The molecule has 0 heterocycles. The highest BCUT2D eigenvalue weighted by atomic mass is 127. The number of carbonyl (C=O) groups is 1. The van der Waals surface area contributed by atoms with Crippen molar-refractivity contribution in [2.75, 3.05) is 45.8 Å². The first kappa shape index (κ1) is 25.8. The zero-order valence-corrected chi connectivity index (χ0v) is 19.5. The number of oxime groups is 1. The minimum absolute atomic E-state index is 0.164. The van der Waals surface area contributed by atoms with Crippen molar-refractivity contribution in [1.29, 1.82) is 0 Å². The molecule has 0 atom stereocenters.